The molecule has 11 aromatic rings. The molecule has 0 bridgehead atoms. The molecule has 72 heavy (non-hydrogen) atoms. The van der Waals surface area contributed by atoms with Crippen LogP contribution in [0.5, 0.6) is 11.5 Å². The summed E-state index contributed by atoms with van der Waals surface area (Å²) in [5.74, 6) is 3.27. The molecule has 11 rings (SSSR count). The summed E-state index contributed by atoms with van der Waals surface area (Å²) in [5, 5.41) is 2.33. The predicted molar refractivity (Wildman–Crippen MR) is 299 cm³/mol. The van der Waals surface area contributed by atoms with Crippen molar-refractivity contribution in [2.45, 2.75) is 79.1 Å². The van der Waals surface area contributed by atoms with Gasteiger partial charge in [-0.2, -0.15) is 0 Å². The first-order valence-corrected chi connectivity index (χ1v) is 25.4. The lowest BCUT2D eigenvalue weighted by atomic mass is 9.78. The maximum absolute atomic E-state index is 6.89. The van der Waals surface area contributed by atoms with Crippen molar-refractivity contribution in [3.05, 3.63) is 223 Å². The standard InChI is InChI=1S/C67H62N4O/c1-44(2)45(3)48-34-35-68-64(39-48)71-60-29-17-16-26-58(60)59-32-31-55(42-62(59)71)72-54-25-18-24-53(41-54)69-43-70(61-33-30-49(38-63(61)69)46-20-12-10-13-21-46)65-56(47-22-14-11-15-23-47)27-19-28-57(65)50-36-51(66(4,5)6)40-52(37-50)67(7,8)9/h10-42,44-45H,1-9H3. The van der Waals surface area contributed by atoms with Crippen LogP contribution in [0, 0.1) is 12.2 Å². The molecule has 0 spiro atoms. The quantitative estimate of drug-likeness (QED) is 0.101. The summed E-state index contributed by atoms with van der Waals surface area (Å²) in [7, 11) is 0. The Balaban J connectivity index is 1.08. The third-order valence-electron chi connectivity index (χ3n) is 14.6. The molecule has 5 nitrogen and oxygen atoms in total. The van der Waals surface area contributed by atoms with E-state index in [4.69, 9.17) is 9.72 Å². The third kappa shape index (κ3) is 8.68. The monoisotopic (exact) mass is 938 g/mol. The summed E-state index contributed by atoms with van der Waals surface area (Å²) in [5.41, 5.74) is 16.9. The fourth-order valence-electron chi connectivity index (χ4n) is 10.1. The summed E-state index contributed by atoms with van der Waals surface area (Å²) in [4.78, 5) is 4.94. The van der Waals surface area contributed by atoms with Gasteiger partial charge in [0.1, 0.15) is 17.3 Å². The number of imidazole rings is 1. The van der Waals surface area contributed by atoms with Gasteiger partial charge in [0.2, 0.25) is 0 Å². The molecule has 0 N–H and O–H groups in total. The van der Waals surface area contributed by atoms with Crippen molar-refractivity contribution in [3.63, 3.8) is 0 Å². The number of fused-ring (bicyclic) bond motifs is 4. The van der Waals surface area contributed by atoms with Crippen LogP contribution >= 0.6 is 0 Å². The number of hydrogen-bond donors (Lipinski definition) is 0. The van der Waals surface area contributed by atoms with Crippen molar-refractivity contribution in [1.29, 1.82) is 0 Å². The van der Waals surface area contributed by atoms with Gasteiger partial charge in [0, 0.05) is 23.0 Å². The zero-order chi connectivity index (χ0) is 49.9. The zero-order valence-corrected chi connectivity index (χ0v) is 42.9. The van der Waals surface area contributed by atoms with Crippen LogP contribution in [0.15, 0.2) is 200 Å². The van der Waals surface area contributed by atoms with Gasteiger partial charge < -0.3 is 4.74 Å². The summed E-state index contributed by atoms with van der Waals surface area (Å²) >= 11 is 0. The highest BCUT2D eigenvalue weighted by molar-refractivity contribution is 6.09. The molecule has 0 saturated carbocycles. The number of nitrogens with zero attached hydrogens (tertiary/aromatic N) is 4. The molecule has 0 aliphatic rings. The van der Waals surface area contributed by atoms with Crippen LogP contribution in [-0.4, -0.2) is 14.1 Å². The first-order valence-electron chi connectivity index (χ1n) is 25.4. The maximum Gasteiger partial charge on any atom is 0.269 e. The van der Waals surface area contributed by atoms with E-state index in [1.165, 1.54) is 27.6 Å². The first-order chi connectivity index (χ1) is 34.7. The van der Waals surface area contributed by atoms with E-state index in [9.17, 15) is 0 Å². The number of benzene rings is 8. The Kier molecular flexibility index (Phi) is 11.8. The first kappa shape index (κ1) is 46.4. The predicted octanol–water partition coefficient (Wildman–Crippen LogP) is 17.3. The molecule has 5 heteroatoms. The lowest BCUT2D eigenvalue weighted by Gasteiger charge is -2.27. The molecule has 0 aliphatic heterocycles. The lowest BCUT2D eigenvalue weighted by Crippen LogP contribution is -2.31. The fraction of sp³-hybridized carbons (Fsp3) is 0.194. The highest BCUT2D eigenvalue weighted by atomic mass is 16.5. The van der Waals surface area contributed by atoms with Gasteiger partial charge in [-0.05, 0) is 127 Å². The molecule has 0 saturated heterocycles. The van der Waals surface area contributed by atoms with Crippen LogP contribution in [0.1, 0.15) is 84.9 Å². The maximum atomic E-state index is 6.89. The van der Waals surface area contributed by atoms with E-state index >= 15 is 0 Å². The zero-order valence-electron chi connectivity index (χ0n) is 42.9. The summed E-state index contributed by atoms with van der Waals surface area (Å²) in [6.07, 6.45) is 5.90. The van der Waals surface area contributed by atoms with E-state index in [0.29, 0.717) is 11.8 Å². The Morgan fingerprint density at radius 3 is 1.85 bits per heavy atom. The molecular weight excluding hydrogens is 877 g/mol. The average molecular weight is 939 g/mol. The Morgan fingerprint density at radius 1 is 0.500 bits per heavy atom. The molecule has 356 valence electrons. The van der Waals surface area contributed by atoms with Crippen LogP contribution in [0.3, 0.4) is 0 Å². The van der Waals surface area contributed by atoms with Crippen LogP contribution in [0.4, 0.5) is 0 Å². The van der Waals surface area contributed by atoms with Crippen molar-refractivity contribution in [3.8, 4) is 62.1 Å². The van der Waals surface area contributed by atoms with E-state index in [0.717, 1.165) is 84.0 Å². The summed E-state index contributed by atoms with van der Waals surface area (Å²) in [6.45, 7) is 20.7. The Labute approximate surface area is 424 Å². The van der Waals surface area contributed by atoms with Gasteiger partial charge >= 0.3 is 0 Å². The minimum absolute atomic E-state index is 0.0528. The van der Waals surface area contributed by atoms with Crippen LogP contribution in [0.25, 0.3) is 83.4 Å². The van der Waals surface area contributed by atoms with Gasteiger partial charge in [0.15, 0.2) is 0 Å². The fourth-order valence-corrected chi connectivity index (χ4v) is 10.1. The minimum Gasteiger partial charge on any atom is -0.458 e. The van der Waals surface area contributed by atoms with E-state index in [1.807, 2.05) is 12.3 Å². The highest BCUT2D eigenvalue weighted by Gasteiger charge is 2.25. The number of pyridine rings is 1. The topological polar surface area (TPSA) is 35.9 Å². The molecule has 0 fully saturated rings. The number of ether oxygens (including phenoxy) is 1. The summed E-state index contributed by atoms with van der Waals surface area (Å²) < 4.78 is 13.6. The van der Waals surface area contributed by atoms with Gasteiger partial charge in [0.25, 0.3) is 6.33 Å². The number of para-hydroxylation sites is 2. The number of aromatic nitrogens is 4. The van der Waals surface area contributed by atoms with Crippen molar-refractivity contribution >= 4 is 32.8 Å². The van der Waals surface area contributed by atoms with Crippen molar-refractivity contribution in [1.82, 2.24) is 14.1 Å². The van der Waals surface area contributed by atoms with Crippen molar-refractivity contribution in [2.24, 2.45) is 5.92 Å². The van der Waals surface area contributed by atoms with Crippen LogP contribution < -0.4 is 9.30 Å². The normalized spacial score (nSPS) is 12.6. The van der Waals surface area contributed by atoms with Gasteiger partial charge in [-0.15, -0.1) is 0 Å². The summed E-state index contributed by atoms with van der Waals surface area (Å²) in [6, 6.07) is 69.9. The molecular formula is C67H62N4O. The average Bonchev–Trinajstić information content (AvgIpc) is 3.93. The second-order valence-electron chi connectivity index (χ2n) is 21.8. The van der Waals surface area contributed by atoms with Gasteiger partial charge in [-0.3, -0.25) is 13.7 Å². The van der Waals surface area contributed by atoms with Gasteiger partial charge in [-0.1, -0.05) is 196 Å². The lowest BCUT2D eigenvalue weighted by molar-refractivity contribution is -0.571. The SMILES string of the molecule is CC(C)C(C)c1ccnc(-n2c3ccccc3c3ccc(Oc4cccc(-n5[c-][n+](-c6c(-c7ccccc7)cccc6-c6cc(C(C)(C)C)cc(C(C)(C)C)c6)c6ccc(-c7ccccc7)cc65)c4)cc32)c1. The highest BCUT2D eigenvalue weighted by Crippen LogP contribution is 2.41. The van der Waals surface area contributed by atoms with E-state index in [1.54, 1.807) is 0 Å². The molecule has 1 unspecified atom stereocenters. The number of rotatable bonds is 10. The molecule has 3 heterocycles. The molecule has 0 aliphatic carbocycles. The second-order valence-corrected chi connectivity index (χ2v) is 21.8. The number of hydrogen-bond acceptors (Lipinski definition) is 2. The molecule has 3 aromatic heterocycles. The Morgan fingerprint density at radius 2 is 1.14 bits per heavy atom. The van der Waals surface area contributed by atoms with Gasteiger partial charge in [0.05, 0.1) is 33.4 Å². The van der Waals surface area contributed by atoms with Crippen molar-refractivity contribution < 1.29 is 9.30 Å². The molecule has 0 amide bonds. The molecule has 0 radical (unpaired) electrons. The smallest absolute Gasteiger partial charge is 0.269 e. The van der Waals surface area contributed by atoms with Crippen LogP contribution in [-0.2, 0) is 10.8 Å². The van der Waals surface area contributed by atoms with Gasteiger partial charge in [-0.25, -0.2) is 4.98 Å². The molecule has 8 aromatic carbocycles. The van der Waals surface area contributed by atoms with E-state index in [-0.39, 0.29) is 10.8 Å². The third-order valence-corrected chi connectivity index (χ3v) is 14.6. The second kappa shape index (κ2) is 18.3. The van der Waals surface area contributed by atoms with E-state index < -0.39 is 0 Å². The minimum atomic E-state index is -0.0528. The van der Waals surface area contributed by atoms with Crippen molar-refractivity contribution in [2.75, 3.05) is 0 Å². The Hall–Kier alpha value is -8.02. The largest absolute Gasteiger partial charge is 0.458 e. The molecule has 1 atom stereocenters. The Bertz CT molecular complexity index is 3760. The van der Waals surface area contributed by atoms with Crippen LogP contribution in [0.2, 0.25) is 0 Å². The van der Waals surface area contributed by atoms with E-state index in [2.05, 4.69) is 270 Å².